The topological polar surface area (TPSA) is 46.3 Å². The van der Waals surface area contributed by atoms with Crippen molar-refractivity contribution in [1.82, 2.24) is 4.90 Å². The minimum absolute atomic E-state index is 0.0417. The van der Waals surface area contributed by atoms with E-state index in [4.69, 9.17) is 17.3 Å². The molecule has 0 spiro atoms. The molecule has 0 saturated carbocycles. The van der Waals surface area contributed by atoms with E-state index in [0.717, 1.165) is 25.9 Å². The third-order valence-corrected chi connectivity index (χ3v) is 5.00. The molecule has 1 aromatic carbocycles. The molecule has 1 aromatic rings. The second-order valence-electron chi connectivity index (χ2n) is 5.77. The molecule has 0 bridgehead atoms. The number of likely N-dealkylation sites (tertiary alicyclic amines) is 1. The van der Waals surface area contributed by atoms with Crippen molar-refractivity contribution in [2.45, 2.75) is 39.5 Å². The molecule has 0 radical (unpaired) electrons. The van der Waals surface area contributed by atoms with Gasteiger partial charge in [-0.15, -0.1) is 0 Å². The Bertz CT molecular complexity index is 467. The summed E-state index contributed by atoms with van der Waals surface area (Å²) < 4.78 is 0. The predicted molar refractivity (Wildman–Crippen MR) is 84.0 cm³/mol. The molecule has 1 saturated heterocycles. The van der Waals surface area contributed by atoms with Crippen LogP contribution in [0, 0.1) is 5.41 Å². The van der Waals surface area contributed by atoms with Crippen molar-refractivity contribution in [2.75, 3.05) is 18.8 Å². The Morgan fingerprint density at radius 3 is 2.35 bits per heavy atom. The Kier molecular flexibility index (Phi) is 4.59. The van der Waals surface area contributed by atoms with Gasteiger partial charge in [-0.05, 0) is 36.5 Å². The number of hydrogen-bond donors (Lipinski definition) is 1. The fourth-order valence-corrected chi connectivity index (χ4v) is 3.30. The van der Waals surface area contributed by atoms with Crippen molar-refractivity contribution >= 4 is 23.2 Å². The first-order valence-corrected chi connectivity index (χ1v) is 7.73. The van der Waals surface area contributed by atoms with Crippen LogP contribution in [-0.2, 0) is 0 Å². The first-order chi connectivity index (χ1) is 9.49. The highest BCUT2D eigenvalue weighted by atomic mass is 35.5. The van der Waals surface area contributed by atoms with Gasteiger partial charge < -0.3 is 10.6 Å². The number of rotatable bonds is 3. The van der Waals surface area contributed by atoms with Crippen LogP contribution in [0.1, 0.15) is 49.9 Å². The summed E-state index contributed by atoms with van der Waals surface area (Å²) in [5.74, 6) is 0.0417. The van der Waals surface area contributed by atoms with Crippen LogP contribution in [0.2, 0.25) is 5.02 Å². The maximum Gasteiger partial charge on any atom is 0.253 e. The number of carbonyl (C=O) groups is 1. The molecule has 0 aliphatic carbocycles. The summed E-state index contributed by atoms with van der Waals surface area (Å²) in [5, 5.41) is 0.516. The number of amides is 1. The summed E-state index contributed by atoms with van der Waals surface area (Å²) in [6, 6.07) is 5.06. The number of nitrogens with zero attached hydrogens (tertiary/aromatic N) is 1. The minimum atomic E-state index is 0.0417. The van der Waals surface area contributed by atoms with Crippen LogP contribution in [0.15, 0.2) is 18.2 Å². The Hall–Kier alpha value is -1.22. The van der Waals surface area contributed by atoms with Crippen LogP contribution in [0.25, 0.3) is 0 Å². The van der Waals surface area contributed by atoms with E-state index in [9.17, 15) is 4.79 Å². The molecule has 20 heavy (non-hydrogen) atoms. The maximum atomic E-state index is 12.5. The van der Waals surface area contributed by atoms with Crippen molar-refractivity contribution in [2.24, 2.45) is 5.41 Å². The molecule has 2 N–H and O–H groups in total. The van der Waals surface area contributed by atoms with Crippen LogP contribution in [0.3, 0.4) is 0 Å². The van der Waals surface area contributed by atoms with Crippen LogP contribution in [-0.4, -0.2) is 23.9 Å². The van der Waals surface area contributed by atoms with E-state index >= 15 is 0 Å². The molecule has 1 aliphatic heterocycles. The standard InChI is InChI=1S/C16H23ClN2O/c1-3-16(4-2)5-7-19(8-6-16)15(20)12-9-13(17)11-14(18)10-12/h9-11H,3-8,18H2,1-2H3. The SMILES string of the molecule is CCC1(CC)CCN(C(=O)c2cc(N)cc(Cl)c2)CC1. The number of nitrogens with two attached hydrogens (primary N) is 1. The number of halogens is 1. The third-order valence-electron chi connectivity index (χ3n) is 4.78. The molecule has 0 atom stereocenters. The van der Waals surface area contributed by atoms with Crippen molar-refractivity contribution in [1.29, 1.82) is 0 Å². The average Bonchev–Trinajstić information content (AvgIpc) is 2.45. The van der Waals surface area contributed by atoms with E-state index in [1.54, 1.807) is 18.2 Å². The lowest BCUT2D eigenvalue weighted by Crippen LogP contribution is -2.42. The van der Waals surface area contributed by atoms with Crippen molar-refractivity contribution in [3.63, 3.8) is 0 Å². The Balaban J connectivity index is 2.08. The predicted octanol–water partition coefficient (Wildman–Crippen LogP) is 3.96. The summed E-state index contributed by atoms with van der Waals surface area (Å²) in [4.78, 5) is 14.4. The quantitative estimate of drug-likeness (QED) is 0.858. The summed E-state index contributed by atoms with van der Waals surface area (Å²) in [6.45, 7) is 6.15. The smallest absolute Gasteiger partial charge is 0.253 e. The number of hydrogen-bond acceptors (Lipinski definition) is 2. The van der Waals surface area contributed by atoms with Gasteiger partial charge in [0.2, 0.25) is 0 Å². The summed E-state index contributed by atoms with van der Waals surface area (Å²) in [7, 11) is 0. The number of carbonyl (C=O) groups excluding carboxylic acids is 1. The van der Waals surface area contributed by atoms with Crippen LogP contribution in [0.5, 0.6) is 0 Å². The molecule has 4 heteroatoms. The van der Waals surface area contributed by atoms with Gasteiger partial charge in [0, 0.05) is 29.4 Å². The fourth-order valence-electron chi connectivity index (χ4n) is 3.06. The average molecular weight is 295 g/mol. The van der Waals surface area contributed by atoms with Crippen molar-refractivity contribution in [3.8, 4) is 0 Å². The highest BCUT2D eigenvalue weighted by Crippen LogP contribution is 2.38. The van der Waals surface area contributed by atoms with E-state index in [-0.39, 0.29) is 5.91 Å². The molecule has 0 unspecified atom stereocenters. The lowest BCUT2D eigenvalue weighted by atomic mass is 9.74. The minimum Gasteiger partial charge on any atom is -0.399 e. The van der Waals surface area contributed by atoms with E-state index in [1.807, 2.05) is 4.90 Å². The van der Waals surface area contributed by atoms with Gasteiger partial charge in [0.15, 0.2) is 0 Å². The molecule has 3 nitrogen and oxygen atoms in total. The highest BCUT2D eigenvalue weighted by molar-refractivity contribution is 6.31. The van der Waals surface area contributed by atoms with Crippen LogP contribution in [0.4, 0.5) is 5.69 Å². The Morgan fingerprint density at radius 1 is 1.25 bits per heavy atom. The summed E-state index contributed by atoms with van der Waals surface area (Å²) >= 11 is 5.97. The van der Waals surface area contributed by atoms with Gasteiger partial charge in [-0.2, -0.15) is 0 Å². The second-order valence-corrected chi connectivity index (χ2v) is 6.21. The zero-order valence-electron chi connectivity index (χ0n) is 12.3. The first-order valence-electron chi connectivity index (χ1n) is 7.35. The largest absolute Gasteiger partial charge is 0.399 e. The molecular formula is C16H23ClN2O. The van der Waals surface area contributed by atoms with Gasteiger partial charge >= 0.3 is 0 Å². The third kappa shape index (κ3) is 3.09. The summed E-state index contributed by atoms with van der Waals surface area (Å²) in [6.07, 6.45) is 4.55. The molecule has 1 aliphatic rings. The van der Waals surface area contributed by atoms with Gasteiger partial charge in [-0.25, -0.2) is 0 Å². The Morgan fingerprint density at radius 2 is 1.85 bits per heavy atom. The van der Waals surface area contributed by atoms with Crippen LogP contribution < -0.4 is 5.73 Å². The number of anilines is 1. The molecule has 2 rings (SSSR count). The molecule has 1 heterocycles. The Labute approximate surface area is 126 Å². The monoisotopic (exact) mass is 294 g/mol. The molecule has 1 fully saturated rings. The van der Waals surface area contributed by atoms with Gasteiger partial charge in [-0.3, -0.25) is 4.79 Å². The van der Waals surface area contributed by atoms with Gasteiger partial charge in [-0.1, -0.05) is 38.3 Å². The second kappa shape index (κ2) is 6.04. The normalized spacial score (nSPS) is 18.1. The number of nitrogen functional groups attached to an aromatic ring is 1. The maximum absolute atomic E-state index is 12.5. The van der Waals surface area contributed by atoms with E-state index < -0.39 is 0 Å². The number of piperidine rings is 1. The van der Waals surface area contributed by atoms with E-state index in [0.29, 0.717) is 21.7 Å². The fraction of sp³-hybridized carbons (Fsp3) is 0.562. The van der Waals surface area contributed by atoms with Gasteiger partial charge in [0.1, 0.15) is 0 Å². The zero-order valence-corrected chi connectivity index (χ0v) is 13.0. The lowest BCUT2D eigenvalue weighted by molar-refractivity contribution is 0.0558. The molecule has 110 valence electrons. The van der Waals surface area contributed by atoms with Gasteiger partial charge in [0.25, 0.3) is 5.91 Å². The summed E-state index contributed by atoms with van der Waals surface area (Å²) in [5.41, 5.74) is 7.31. The van der Waals surface area contributed by atoms with Gasteiger partial charge in [0.05, 0.1) is 0 Å². The molecule has 0 aromatic heterocycles. The number of benzene rings is 1. The van der Waals surface area contributed by atoms with E-state index in [1.165, 1.54) is 12.8 Å². The van der Waals surface area contributed by atoms with Crippen LogP contribution >= 0.6 is 11.6 Å². The zero-order chi connectivity index (χ0) is 14.8. The van der Waals surface area contributed by atoms with Crippen molar-refractivity contribution < 1.29 is 4.79 Å². The lowest BCUT2D eigenvalue weighted by Gasteiger charge is -2.41. The van der Waals surface area contributed by atoms with E-state index in [2.05, 4.69) is 13.8 Å². The molecular weight excluding hydrogens is 272 g/mol. The molecule has 1 amide bonds. The highest BCUT2D eigenvalue weighted by Gasteiger charge is 2.33. The first kappa shape index (κ1) is 15.2. The van der Waals surface area contributed by atoms with Crippen molar-refractivity contribution in [3.05, 3.63) is 28.8 Å².